The van der Waals surface area contributed by atoms with Crippen LogP contribution < -0.4 is 5.32 Å². The molecular formula is C20H12N2O6. The summed E-state index contributed by atoms with van der Waals surface area (Å²) in [6, 6.07) is 13.6. The van der Waals surface area contributed by atoms with Gasteiger partial charge in [0.25, 0.3) is 0 Å². The van der Waals surface area contributed by atoms with Gasteiger partial charge in [0, 0.05) is 16.8 Å². The largest absolute Gasteiger partial charge is 0.504 e. The van der Waals surface area contributed by atoms with Crippen molar-refractivity contribution in [2.45, 2.75) is 0 Å². The fraction of sp³-hybridized carbons (Fsp3) is 0. The lowest BCUT2D eigenvalue weighted by atomic mass is 9.82. The van der Waals surface area contributed by atoms with Gasteiger partial charge in [0.05, 0.1) is 10.5 Å². The second-order valence-corrected chi connectivity index (χ2v) is 6.15. The van der Waals surface area contributed by atoms with E-state index in [9.17, 15) is 29.9 Å². The van der Waals surface area contributed by atoms with Crippen LogP contribution in [0.25, 0.3) is 0 Å². The van der Waals surface area contributed by atoms with Crippen LogP contribution in [0.15, 0.2) is 54.6 Å². The van der Waals surface area contributed by atoms with E-state index in [1.54, 1.807) is 30.3 Å². The number of carbonyl (C=O) groups is 2. The normalized spacial score (nSPS) is 12.3. The first kappa shape index (κ1) is 17.2. The number of anilines is 2. The number of carbonyl (C=O) groups excluding carboxylic acids is 2. The van der Waals surface area contributed by atoms with Gasteiger partial charge in [0.15, 0.2) is 17.3 Å². The number of fused-ring (bicyclic) bond motifs is 2. The zero-order valence-corrected chi connectivity index (χ0v) is 14.2. The van der Waals surface area contributed by atoms with Crippen LogP contribution in [0.4, 0.5) is 17.1 Å². The minimum Gasteiger partial charge on any atom is -0.504 e. The molecule has 3 aromatic rings. The van der Waals surface area contributed by atoms with E-state index in [0.717, 1.165) is 6.07 Å². The molecule has 1 aliphatic carbocycles. The zero-order chi connectivity index (χ0) is 20.0. The van der Waals surface area contributed by atoms with Crippen LogP contribution in [0, 0.1) is 10.1 Å². The molecule has 8 heteroatoms. The van der Waals surface area contributed by atoms with Crippen molar-refractivity contribution >= 4 is 28.6 Å². The molecule has 3 N–H and O–H groups in total. The first-order valence-corrected chi connectivity index (χ1v) is 8.18. The number of rotatable bonds is 3. The number of nitro benzene ring substituents is 1. The van der Waals surface area contributed by atoms with Gasteiger partial charge in [0.1, 0.15) is 11.3 Å². The van der Waals surface area contributed by atoms with Crippen LogP contribution in [-0.4, -0.2) is 26.7 Å². The third kappa shape index (κ3) is 2.47. The van der Waals surface area contributed by atoms with Crippen LogP contribution >= 0.6 is 0 Å². The van der Waals surface area contributed by atoms with Crippen LogP contribution in [-0.2, 0) is 0 Å². The van der Waals surface area contributed by atoms with Gasteiger partial charge < -0.3 is 15.5 Å². The Morgan fingerprint density at radius 2 is 1.46 bits per heavy atom. The summed E-state index contributed by atoms with van der Waals surface area (Å²) < 4.78 is 0. The molecule has 0 aliphatic heterocycles. The Morgan fingerprint density at radius 1 is 0.821 bits per heavy atom. The lowest BCUT2D eigenvalue weighted by Gasteiger charge is -2.20. The average Bonchev–Trinajstić information content (AvgIpc) is 2.68. The molecule has 0 fully saturated rings. The summed E-state index contributed by atoms with van der Waals surface area (Å²) in [6.45, 7) is 0. The van der Waals surface area contributed by atoms with E-state index in [-0.39, 0.29) is 16.8 Å². The second-order valence-electron chi connectivity index (χ2n) is 6.15. The predicted molar refractivity (Wildman–Crippen MR) is 99.5 cm³/mol. The number of hydrogen-bond acceptors (Lipinski definition) is 7. The predicted octanol–water partition coefficient (Wildman–Crippen LogP) is 3.53. The standard InChI is InChI=1S/C20H12N2O6/c23-14-9-7-12-16(19(14)25)20(26)15-11(18(12)24)6-8-13(17(15)22(27)28)21-10-4-2-1-3-5-10/h1-9,21,23,25H. The van der Waals surface area contributed by atoms with Gasteiger partial charge in [-0.1, -0.05) is 18.2 Å². The van der Waals surface area contributed by atoms with Gasteiger partial charge in [-0.15, -0.1) is 0 Å². The maximum atomic E-state index is 13.0. The van der Waals surface area contributed by atoms with E-state index in [4.69, 9.17) is 0 Å². The van der Waals surface area contributed by atoms with E-state index >= 15 is 0 Å². The summed E-state index contributed by atoms with van der Waals surface area (Å²) in [5, 5.41) is 34.4. The van der Waals surface area contributed by atoms with Gasteiger partial charge in [-0.05, 0) is 36.4 Å². The van der Waals surface area contributed by atoms with Crippen LogP contribution in [0.2, 0.25) is 0 Å². The third-order valence-electron chi connectivity index (χ3n) is 4.51. The lowest BCUT2D eigenvalue weighted by molar-refractivity contribution is -0.384. The quantitative estimate of drug-likeness (QED) is 0.283. The van der Waals surface area contributed by atoms with Gasteiger partial charge in [-0.3, -0.25) is 19.7 Å². The topological polar surface area (TPSA) is 130 Å². The molecule has 4 rings (SSSR count). The Kier molecular flexibility index (Phi) is 3.82. The molecule has 0 unspecified atom stereocenters. The molecule has 138 valence electrons. The van der Waals surface area contributed by atoms with Crippen molar-refractivity contribution in [1.29, 1.82) is 0 Å². The molecule has 0 spiro atoms. The van der Waals surface area contributed by atoms with E-state index in [2.05, 4.69) is 5.32 Å². The van der Waals surface area contributed by atoms with Gasteiger partial charge in [-0.25, -0.2) is 0 Å². The number of nitrogens with zero attached hydrogens (tertiary/aromatic N) is 1. The lowest BCUT2D eigenvalue weighted by Crippen LogP contribution is -2.23. The monoisotopic (exact) mass is 376 g/mol. The summed E-state index contributed by atoms with van der Waals surface area (Å²) in [4.78, 5) is 36.8. The molecular weight excluding hydrogens is 364 g/mol. The molecule has 0 amide bonds. The summed E-state index contributed by atoms with van der Waals surface area (Å²) in [7, 11) is 0. The minimum atomic E-state index is -0.901. The number of aromatic hydroxyl groups is 2. The van der Waals surface area contributed by atoms with Crippen molar-refractivity contribution in [3.63, 3.8) is 0 Å². The van der Waals surface area contributed by atoms with Gasteiger partial charge in [-0.2, -0.15) is 0 Å². The van der Waals surface area contributed by atoms with Crippen molar-refractivity contribution in [2.24, 2.45) is 0 Å². The summed E-state index contributed by atoms with van der Waals surface area (Å²) >= 11 is 0. The maximum Gasteiger partial charge on any atom is 0.304 e. The van der Waals surface area contributed by atoms with Crippen molar-refractivity contribution < 1.29 is 24.7 Å². The molecule has 1 aliphatic rings. The second kappa shape index (κ2) is 6.20. The molecule has 0 saturated heterocycles. The number of phenols is 2. The highest BCUT2D eigenvalue weighted by Crippen LogP contribution is 2.43. The fourth-order valence-electron chi connectivity index (χ4n) is 3.25. The molecule has 3 aromatic carbocycles. The number of para-hydroxylation sites is 1. The highest BCUT2D eigenvalue weighted by Gasteiger charge is 2.39. The maximum absolute atomic E-state index is 13.0. The molecule has 0 aromatic heterocycles. The highest BCUT2D eigenvalue weighted by atomic mass is 16.6. The van der Waals surface area contributed by atoms with Crippen molar-refractivity contribution in [1.82, 2.24) is 0 Å². The van der Waals surface area contributed by atoms with Crippen LogP contribution in [0.3, 0.4) is 0 Å². The minimum absolute atomic E-state index is 0.0270. The first-order chi connectivity index (χ1) is 13.4. The van der Waals surface area contributed by atoms with Crippen LogP contribution in [0.5, 0.6) is 11.5 Å². The Labute approximate surface area is 157 Å². The van der Waals surface area contributed by atoms with E-state index in [1.807, 2.05) is 0 Å². The molecule has 0 heterocycles. The average molecular weight is 376 g/mol. The first-order valence-electron chi connectivity index (χ1n) is 8.18. The summed E-state index contributed by atoms with van der Waals surface area (Å²) in [6.07, 6.45) is 0. The van der Waals surface area contributed by atoms with E-state index < -0.39 is 44.8 Å². The van der Waals surface area contributed by atoms with Gasteiger partial charge >= 0.3 is 5.69 Å². The molecule has 0 radical (unpaired) electrons. The molecule has 0 bridgehead atoms. The van der Waals surface area contributed by atoms with E-state index in [1.165, 1.54) is 18.2 Å². The van der Waals surface area contributed by atoms with Crippen molar-refractivity contribution in [2.75, 3.05) is 5.32 Å². The number of ketones is 2. The Balaban J connectivity index is 1.96. The fourth-order valence-corrected chi connectivity index (χ4v) is 3.25. The van der Waals surface area contributed by atoms with Gasteiger partial charge in [0.2, 0.25) is 5.78 Å². The number of nitro groups is 1. The Bertz CT molecular complexity index is 1170. The number of hydrogen-bond donors (Lipinski definition) is 3. The van der Waals surface area contributed by atoms with Crippen LogP contribution in [0.1, 0.15) is 31.8 Å². The highest BCUT2D eigenvalue weighted by molar-refractivity contribution is 6.31. The molecule has 0 saturated carbocycles. The van der Waals surface area contributed by atoms with Crippen molar-refractivity contribution in [3.8, 4) is 11.5 Å². The number of phenolic OH excluding ortho intramolecular Hbond substituents is 2. The van der Waals surface area contributed by atoms with Crippen molar-refractivity contribution in [3.05, 3.63) is 87.0 Å². The molecule has 28 heavy (non-hydrogen) atoms. The number of nitrogens with one attached hydrogen (secondary N) is 1. The SMILES string of the molecule is O=C1c2ccc(O)c(O)c2C(=O)c2c1ccc(Nc1ccccc1)c2[N+](=O)[O-]. The number of benzene rings is 3. The summed E-state index contributed by atoms with van der Waals surface area (Å²) in [5.41, 5.74) is -1.12. The smallest absolute Gasteiger partial charge is 0.304 e. The van der Waals surface area contributed by atoms with E-state index in [0.29, 0.717) is 5.69 Å². The third-order valence-corrected chi connectivity index (χ3v) is 4.51. The zero-order valence-electron chi connectivity index (χ0n) is 14.2. The molecule has 0 atom stereocenters. The Morgan fingerprint density at radius 3 is 2.14 bits per heavy atom. The Hall–Kier alpha value is -4.20. The summed E-state index contributed by atoms with van der Waals surface area (Å²) in [5.74, 6) is -2.92. The molecule has 8 nitrogen and oxygen atoms in total.